The molecule has 5 heteroatoms. The Bertz CT molecular complexity index is 414. The highest BCUT2D eigenvalue weighted by atomic mass is 16.2. The van der Waals surface area contributed by atoms with Crippen LogP contribution in [-0.2, 0) is 0 Å². The molecule has 0 spiro atoms. The van der Waals surface area contributed by atoms with Gasteiger partial charge in [-0.1, -0.05) is 5.92 Å². The minimum Gasteiger partial charge on any atom is -0.358 e. The Morgan fingerprint density at radius 1 is 1.44 bits per heavy atom. The fourth-order valence-corrected chi connectivity index (χ4v) is 0.993. The summed E-state index contributed by atoms with van der Waals surface area (Å²) < 4.78 is 0. The molecule has 0 radical (unpaired) electrons. The molecule has 0 saturated carbocycles. The van der Waals surface area contributed by atoms with E-state index in [-0.39, 0.29) is 5.91 Å². The summed E-state index contributed by atoms with van der Waals surface area (Å²) in [5.41, 5.74) is 0.331. The fraction of sp³-hybridized carbons (Fsp3) is 0.364. The Morgan fingerprint density at radius 2 is 2.19 bits per heavy atom. The Kier molecular flexibility index (Phi) is 4.28. The van der Waals surface area contributed by atoms with Crippen LogP contribution in [0.3, 0.4) is 0 Å². The van der Waals surface area contributed by atoms with Crippen molar-refractivity contribution in [3.8, 4) is 11.8 Å². The predicted octanol–water partition coefficient (Wildman–Crippen LogP) is 0.614. The molecule has 1 aromatic rings. The van der Waals surface area contributed by atoms with E-state index in [0.29, 0.717) is 18.1 Å². The van der Waals surface area contributed by atoms with E-state index in [1.807, 2.05) is 0 Å². The van der Waals surface area contributed by atoms with Gasteiger partial charge in [0, 0.05) is 14.1 Å². The normalized spacial score (nSPS) is 8.94. The highest BCUT2D eigenvalue weighted by Crippen LogP contribution is 2.02. The summed E-state index contributed by atoms with van der Waals surface area (Å²) in [6, 6.07) is 3.35. The lowest BCUT2D eigenvalue weighted by atomic mass is 10.3. The zero-order chi connectivity index (χ0) is 12.0. The topological polar surface area (TPSA) is 58.1 Å². The molecule has 0 aliphatic rings. The number of hydrogen-bond donors (Lipinski definition) is 1. The third kappa shape index (κ3) is 3.24. The molecule has 0 aliphatic heterocycles. The number of carbonyl (C=O) groups is 1. The number of nitrogens with one attached hydrogen (secondary N) is 1. The van der Waals surface area contributed by atoms with Gasteiger partial charge in [0.25, 0.3) is 5.91 Å². The van der Waals surface area contributed by atoms with Crippen LogP contribution in [0.25, 0.3) is 0 Å². The van der Waals surface area contributed by atoms with Crippen molar-refractivity contribution in [1.29, 1.82) is 0 Å². The number of rotatable bonds is 3. The van der Waals surface area contributed by atoms with Gasteiger partial charge in [-0.3, -0.25) is 4.79 Å². The van der Waals surface area contributed by atoms with Crippen LogP contribution in [0.1, 0.15) is 17.4 Å². The van der Waals surface area contributed by atoms with Gasteiger partial charge in [0.05, 0.1) is 6.54 Å². The van der Waals surface area contributed by atoms with Crippen LogP contribution in [-0.4, -0.2) is 41.6 Å². The third-order valence-electron chi connectivity index (χ3n) is 1.82. The predicted molar refractivity (Wildman–Crippen MR) is 62.0 cm³/mol. The van der Waals surface area contributed by atoms with Gasteiger partial charge in [-0.25, -0.2) is 0 Å². The largest absolute Gasteiger partial charge is 0.358 e. The zero-order valence-electron chi connectivity index (χ0n) is 9.61. The highest BCUT2D eigenvalue weighted by Gasteiger charge is 2.09. The van der Waals surface area contributed by atoms with E-state index in [1.54, 1.807) is 33.2 Å². The molecule has 1 amide bonds. The molecular formula is C11H14N4O. The van der Waals surface area contributed by atoms with E-state index in [1.165, 1.54) is 4.90 Å². The summed E-state index contributed by atoms with van der Waals surface area (Å²) in [7, 11) is 3.35. The van der Waals surface area contributed by atoms with Crippen LogP contribution in [0.15, 0.2) is 12.1 Å². The first-order valence-electron chi connectivity index (χ1n) is 4.84. The molecule has 0 bridgehead atoms. The van der Waals surface area contributed by atoms with Gasteiger partial charge in [-0.15, -0.1) is 16.1 Å². The lowest BCUT2D eigenvalue weighted by molar-refractivity contribution is 0.0821. The lowest BCUT2D eigenvalue weighted by Gasteiger charge is -2.08. The van der Waals surface area contributed by atoms with Gasteiger partial charge in [0.2, 0.25) is 0 Å². The Hall–Kier alpha value is -2.09. The molecule has 1 rings (SSSR count). The minimum atomic E-state index is -0.160. The molecule has 0 unspecified atom stereocenters. The van der Waals surface area contributed by atoms with Crippen LogP contribution < -0.4 is 5.32 Å². The zero-order valence-corrected chi connectivity index (χ0v) is 9.61. The van der Waals surface area contributed by atoms with Crippen molar-refractivity contribution in [3.63, 3.8) is 0 Å². The summed E-state index contributed by atoms with van der Waals surface area (Å²) in [5.74, 6) is 6.06. The van der Waals surface area contributed by atoms with Gasteiger partial charge in [-0.05, 0) is 19.1 Å². The van der Waals surface area contributed by atoms with Crippen LogP contribution in [0, 0.1) is 11.8 Å². The van der Waals surface area contributed by atoms with E-state index >= 15 is 0 Å². The number of amides is 1. The van der Waals surface area contributed by atoms with Crippen molar-refractivity contribution in [2.45, 2.75) is 6.92 Å². The van der Waals surface area contributed by atoms with Crippen LogP contribution in [0.2, 0.25) is 0 Å². The molecule has 0 saturated heterocycles. The maximum Gasteiger partial charge on any atom is 0.273 e. The van der Waals surface area contributed by atoms with Crippen LogP contribution in [0.5, 0.6) is 0 Å². The van der Waals surface area contributed by atoms with Crippen LogP contribution >= 0.6 is 0 Å². The second-order valence-electron chi connectivity index (χ2n) is 3.28. The number of aromatic nitrogens is 2. The first-order valence-corrected chi connectivity index (χ1v) is 4.84. The van der Waals surface area contributed by atoms with Crippen molar-refractivity contribution in [2.75, 3.05) is 26.0 Å². The fourth-order valence-electron chi connectivity index (χ4n) is 0.993. The smallest absolute Gasteiger partial charge is 0.273 e. The molecule has 84 valence electrons. The van der Waals surface area contributed by atoms with Crippen LogP contribution in [0.4, 0.5) is 5.82 Å². The second-order valence-corrected chi connectivity index (χ2v) is 3.28. The van der Waals surface area contributed by atoms with E-state index in [9.17, 15) is 4.79 Å². The monoisotopic (exact) mass is 218 g/mol. The Labute approximate surface area is 94.9 Å². The molecule has 5 nitrogen and oxygen atoms in total. The first kappa shape index (κ1) is 12.0. The van der Waals surface area contributed by atoms with Gasteiger partial charge in [-0.2, -0.15) is 0 Å². The summed E-state index contributed by atoms with van der Waals surface area (Å²) in [4.78, 5) is 13.0. The molecule has 0 aromatic carbocycles. The first-order chi connectivity index (χ1) is 7.65. The summed E-state index contributed by atoms with van der Waals surface area (Å²) in [6.07, 6.45) is 0. The third-order valence-corrected chi connectivity index (χ3v) is 1.82. The number of anilines is 1. The summed E-state index contributed by atoms with van der Waals surface area (Å²) in [5, 5.41) is 10.7. The van der Waals surface area contributed by atoms with Gasteiger partial charge in [0.15, 0.2) is 5.69 Å². The summed E-state index contributed by atoms with van der Waals surface area (Å²) in [6.45, 7) is 2.29. The van der Waals surface area contributed by atoms with Gasteiger partial charge < -0.3 is 10.2 Å². The van der Waals surface area contributed by atoms with E-state index < -0.39 is 0 Å². The standard InChI is InChI=1S/C11H14N4O/c1-4-5-8-12-10-7-6-9(13-14-10)11(16)15(2)3/h6-7H,8H2,1-3H3,(H,12,14). The minimum absolute atomic E-state index is 0.160. The van der Waals surface area contributed by atoms with E-state index in [0.717, 1.165) is 0 Å². The van der Waals surface area contributed by atoms with E-state index in [2.05, 4.69) is 27.4 Å². The molecule has 0 fully saturated rings. The van der Waals surface area contributed by atoms with Crippen molar-refractivity contribution in [1.82, 2.24) is 15.1 Å². The number of hydrogen-bond acceptors (Lipinski definition) is 4. The molecule has 16 heavy (non-hydrogen) atoms. The lowest BCUT2D eigenvalue weighted by Crippen LogP contribution is -2.23. The van der Waals surface area contributed by atoms with Crippen molar-refractivity contribution < 1.29 is 4.79 Å². The van der Waals surface area contributed by atoms with Crippen molar-refractivity contribution >= 4 is 11.7 Å². The molecule has 1 heterocycles. The Morgan fingerprint density at radius 3 is 2.69 bits per heavy atom. The number of nitrogens with zero attached hydrogens (tertiary/aromatic N) is 3. The maximum atomic E-state index is 11.5. The average molecular weight is 218 g/mol. The van der Waals surface area contributed by atoms with E-state index in [4.69, 9.17) is 0 Å². The highest BCUT2D eigenvalue weighted by molar-refractivity contribution is 5.91. The van der Waals surface area contributed by atoms with Crippen molar-refractivity contribution in [2.24, 2.45) is 0 Å². The van der Waals surface area contributed by atoms with Gasteiger partial charge >= 0.3 is 0 Å². The maximum absolute atomic E-state index is 11.5. The molecule has 1 aromatic heterocycles. The molecular weight excluding hydrogens is 204 g/mol. The molecule has 0 atom stereocenters. The second kappa shape index (κ2) is 5.71. The average Bonchev–Trinajstić information content (AvgIpc) is 2.29. The van der Waals surface area contributed by atoms with Crippen molar-refractivity contribution in [3.05, 3.63) is 17.8 Å². The SMILES string of the molecule is CC#CCNc1ccc(C(=O)N(C)C)nn1. The Balaban J connectivity index is 2.66. The summed E-state index contributed by atoms with van der Waals surface area (Å²) >= 11 is 0. The quantitative estimate of drug-likeness (QED) is 0.755. The number of carbonyl (C=O) groups excluding carboxylic acids is 1. The molecule has 1 N–H and O–H groups in total. The molecule has 0 aliphatic carbocycles. The van der Waals surface area contributed by atoms with Gasteiger partial charge in [0.1, 0.15) is 5.82 Å².